The minimum Gasteiger partial charge on any atom is -0.457 e. The number of dihydropyridines is 1. The van der Waals surface area contributed by atoms with Crippen LogP contribution in [0.25, 0.3) is 0 Å². The van der Waals surface area contributed by atoms with Gasteiger partial charge in [-0.3, -0.25) is 4.79 Å². The molecule has 2 aromatic rings. The van der Waals surface area contributed by atoms with E-state index in [2.05, 4.69) is 35.1 Å². The summed E-state index contributed by atoms with van der Waals surface area (Å²) in [6, 6.07) is 17.4. The van der Waals surface area contributed by atoms with E-state index < -0.39 is 11.9 Å². The standard InChI is InChI=1S/C26H26BrNO3/c1-16-22(25(30)31-15-17-8-5-4-6-9-17)23(18-10-7-11-19(27)12-18)24-20(28-16)13-26(2,3)14-21(24)29/h4-12,23,28H,13-15H2,1-3H3/t23-/m1/s1. The Morgan fingerprint density at radius 1 is 1.13 bits per heavy atom. The van der Waals surface area contributed by atoms with Crippen molar-refractivity contribution in [1.82, 2.24) is 5.32 Å². The summed E-state index contributed by atoms with van der Waals surface area (Å²) in [7, 11) is 0. The third-order valence-corrected chi connectivity index (χ3v) is 6.35. The number of halogens is 1. The molecule has 1 N–H and O–H groups in total. The minimum absolute atomic E-state index is 0.0876. The van der Waals surface area contributed by atoms with Gasteiger partial charge in [-0.05, 0) is 42.0 Å². The monoisotopic (exact) mass is 479 g/mol. The number of rotatable bonds is 4. The van der Waals surface area contributed by atoms with Gasteiger partial charge in [0.2, 0.25) is 0 Å². The zero-order valence-electron chi connectivity index (χ0n) is 18.0. The molecule has 1 aliphatic heterocycles. The Labute approximate surface area is 191 Å². The molecule has 0 bridgehead atoms. The second-order valence-electron chi connectivity index (χ2n) is 9.05. The van der Waals surface area contributed by atoms with E-state index in [4.69, 9.17) is 4.74 Å². The maximum atomic E-state index is 13.3. The number of esters is 1. The molecule has 0 spiro atoms. The van der Waals surface area contributed by atoms with Crippen molar-refractivity contribution in [2.45, 2.75) is 46.1 Å². The summed E-state index contributed by atoms with van der Waals surface area (Å²) in [5, 5.41) is 3.37. The van der Waals surface area contributed by atoms with Crippen LogP contribution in [0.4, 0.5) is 0 Å². The van der Waals surface area contributed by atoms with Gasteiger partial charge in [0.1, 0.15) is 6.61 Å². The summed E-state index contributed by atoms with van der Waals surface area (Å²) < 4.78 is 6.60. The van der Waals surface area contributed by atoms with Gasteiger partial charge in [0, 0.05) is 33.8 Å². The Bertz CT molecular complexity index is 1100. The summed E-state index contributed by atoms with van der Waals surface area (Å²) >= 11 is 3.53. The van der Waals surface area contributed by atoms with Gasteiger partial charge >= 0.3 is 5.97 Å². The minimum atomic E-state index is -0.444. The number of benzene rings is 2. The summed E-state index contributed by atoms with van der Waals surface area (Å²) in [5.74, 6) is -0.756. The number of hydrogen-bond acceptors (Lipinski definition) is 4. The first-order chi connectivity index (χ1) is 14.7. The van der Waals surface area contributed by atoms with Gasteiger partial charge in [0.05, 0.1) is 5.57 Å². The molecule has 31 heavy (non-hydrogen) atoms. The summed E-state index contributed by atoms with van der Waals surface area (Å²) in [4.78, 5) is 26.6. The fourth-order valence-corrected chi connectivity index (χ4v) is 4.94. The van der Waals surface area contributed by atoms with Crippen LogP contribution in [0.5, 0.6) is 0 Å². The van der Waals surface area contributed by atoms with E-state index in [0.717, 1.165) is 33.4 Å². The number of allylic oxidation sites excluding steroid dienone is 3. The normalized spacial score (nSPS) is 20.3. The van der Waals surface area contributed by atoms with Gasteiger partial charge in [-0.25, -0.2) is 4.79 Å². The highest BCUT2D eigenvalue weighted by Crippen LogP contribution is 2.47. The van der Waals surface area contributed by atoms with Gasteiger partial charge in [0.15, 0.2) is 5.78 Å². The highest BCUT2D eigenvalue weighted by molar-refractivity contribution is 9.10. The molecule has 0 saturated carbocycles. The highest BCUT2D eigenvalue weighted by atomic mass is 79.9. The predicted molar refractivity (Wildman–Crippen MR) is 124 cm³/mol. The fraction of sp³-hybridized carbons (Fsp3) is 0.308. The quantitative estimate of drug-likeness (QED) is 0.563. The lowest BCUT2D eigenvalue weighted by atomic mass is 9.68. The molecule has 0 radical (unpaired) electrons. The first-order valence-electron chi connectivity index (χ1n) is 10.5. The lowest BCUT2D eigenvalue weighted by molar-refractivity contribution is -0.140. The first kappa shape index (κ1) is 21.6. The Morgan fingerprint density at radius 3 is 2.58 bits per heavy atom. The topological polar surface area (TPSA) is 55.4 Å². The Kier molecular flexibility index (Phi) is 5.89. The summed E-state index contributed by atoms with van der Waals surface area (Å²) in [6.45, 7) is 6.29. The van der Waals surface area contributed by atoms with Crippen molar-refractivity contribution in [2.75, 3.05) is 0 Å². The van der Waals surface area contributed by atoms with Gasteiger partial charge in [0.25, 0.3) is 0 Å². The van der Waals surface area contributed by atoms with Gasteiger partial charge in [-0.15, -0.1) is 0 Å². The third-order valence-electron chi connectivity index (χ3n) is 5.85. The third kappa shape index (κ3) is 4.52. The Balaban J connectivity index is 1.74. The summed E-state index contributed by atoms with van der Waals surface area (Å²) in [5.41, 5.74) is 4.57. The van der Waals surface area contributed by atoms with Crippen molar-refractivity contribution in [3.05, 3.63) is 92.7 Å². The molecule has 0 unspecified atom stereocenters. The second kappa shape index (κ2) is 8.46. The molecular weight excluding hydrogens is 454 g/mol. The van der Waals surface area contributed by atoms with Crippen molar-refractivity contribution >= 4 is 27.7 Å². The van der Waals surface area contributed by atoms with E-state index in [9.17, 15) is 9.59 Å². The van der Waals surface area contributed by atoms with Crippen LogP contribution in [0.1, 0.15) is 50.7 Å². The molecule has 1 atom stereocenters. The zero-order chi connectivity index (χ0) is 22.2. The zero-order valence-corrected chi connectivity index (χ0v) is 19.6. The molecule has 2 aromatic carbocycles. The maximum Gasteiger partial charge on any atom is 0.337 e. The molecule has 0 fully saturated rings. The molecule has 0 aromatic heterocycles. The van der Waals surface area contributed by atoms with Crippen molar-refractivity contribution < 1.29 is 14.3 Å². The lowest BCUT2D eigenvalue weighted by Crippen LogP contribution is -2.38. The number of ether oxygens (including phenoxy) is 1. The molecule has 0 amide bonds. The number of hydrogen-bond donors (Lipinski definition) is 1. The molecule has 1 heterocycles. The number of carbonyl (C=O) groups is 2. The SMILES string of the molecule is CC1=C(C(=O)OCc2ccccc2)[C@@H](c2cccc(Br)c2)C2=C(CC(C)(C)CC2=O)N1. The van der Waals surface area contributed by atoms with Crippen LogP contribution in [-0.2, 0) is 20.9 Å². The van der Waals surface area contributed by atoms with Crippen molar-refractivity contribution in [2.24, 2.45) is 5.41 Å². The predicted octanol–water partition coefficient (Wildman–Crippen LogP) is 5.80. The molecular formula is C26H26BrNO3. The van der Waals surface area contributed by atoms with Crippen molar-refractivity contribution in [1.29, 1.82) is 0 Å². The van der Waals surface area contributed by atoms with Crippen LogP contribution in [0.3, 0.4) is 0 Å². The van der Waals surface area contributed by atoms with Crippen LogP contribution in [0.15, 0.2) is 81.6 Å². The molecule has 4 nitrogen and oxygen atoms in total. The van der Waals surface area contributed by atoms with E-state index in [-0.39, 0.29) is 17.8 Å². The van der Waals surface area contributed by atoms with Crippen LogP contribution in [0.2, 0.25) is 0 Å². The van der Waals surface area contributed by atoms with E-state index in [1.54, 1.807) is 0 Å². The van der Waals surface area contributed by atoms with E-state index in [1.165, 1.54) is 0 Å². The van der Waals surface area contributed by atoms with Gasteiger partial charge in [-0.2, -0.15) is 0 Å². The number of Topliss-reactive ketones (excluding diaryl/α,β-unsaturated/α-hetero) is 1. The molecule has 0 saturated heterocycles. The highest BCUT2D eigenvalue weighted by Gasteiger charge is 2.43. The van der Waals surface area contributed by atoms with E-state index >= 15 is 0 Å². The maximum absolute atomic E-state index is 13.3. The van der Waals surface area contributed by atoms with Crippen LogP contribution >= 0.6 is 15.9 Å². The fourth-order valence-electron chi connectivity index (χ4n) is 4.53. The van der Waals surface area contributed by atoms with Crippen molar-refractivity contribution in [3.63, 3.8) is 0 Å². The van der Waals surface area contributed by atoms with E-state index in [0.29, 0.717) is 17.6 Å². The van der Waals surface area contributed by atoms with Crippen LogP contribution in [-0.4, -0.2) is 11.8 Å². The van der Waals surface area contributed by atoms with E-state index in [1.807, 2.05) is 61.5 Å². The molecule has 1 aliphatic carbocycles. The van der Waals surface area contributed by atoms with Gasteiger partial charge in [-0.1, -0.05) is 72.2 Å². The molecule has 160 valence electrons. The van der Waals surface area contributed by atoms with Crippen molar-refractivity contribution in [3.8, 4) is 0 Å². The van der Waals surface area contributed by atoms with Crippen LogP contribution in [0, 0.1) is 5.41 Å². The number of nitrogens with one attached hydrogen (secondary N) is 1. The average molecular weight is 480 g/mol. The number of carbonyl (C=O) groups excluding carboxylic acids is 2. The Hall–Kier alpha value is -2.66. The first-order valence-corrected chi connectivity index (χ1v) is 11.2. The largest absolute Gasteiger partial charge is 0.457 e. The smallest absolute Gasteiger partial charge is 0.337 e. The van der Waals surface area contributed by atoms with Crippen LogP contribution < -0.4 is 5.32 Å². The average Bonchev–Trinajstić information content (AvgIpc) is 2.71. The van der Waals surface area contributed by atoms with Gasteiger partial charge < -0.3 is 10.1 Å². The number of ketones is 1. The molecule has 5 heteroatoms. The second-order valence-corrected chi connectivity index (χ2v) is 9.96. The lowest BCUT2D eigenvalue weighted by Gasteiger charge is -2.39. The molecule has 2 aliphatic rings. The molecule has 4 rings (SSSR count). The summed E-state index contributed by atoms with van der Waals surface area (Å²) in [6.07, 6.45) is 1.23. The Morgan fingerprint density at radius 2 is 1.87 bits per heavy atom.